The highest BCUT2D eigenvalue weighted by molar-refractivity contribution is 5.91. The maximum atomic E-state index is 12.6. The summed E-state index contributed by atoms with van der Waals surface area (Å²) in [4.78, 5) is 19.0. The number of H-pyrrole nitrogens is 1. The number of nitrogens with one attached hydrogen (secondary N) is 1. The lowest BCUT2D eigenvalue weighted by Crippen LogP contribution is -2.40. The average Bonchev–Trinajstić information content (AvgIpc) is 3.52. The van der Waals surface area contributed by atoms with E-state index in [0.29, 0.717) is 23.8 Å². The molecule has 1 unspecified atom stereocenters. The van der Waals surface area contributed by atoms with Crippen LogP contribution in [0.4, 0.5) is 0 Å². The van der Waals surface area contributed by atoms with Gasteiger partial charge in [-0.25, -0.2) is 4.98 Å². The molecule has 5 rings (SSSR count). The molecule has 8 nitrogen and oxygen atoms in total. The Morgan fingerprint density at radius 2 is 2.11 bits per heavy atom. The lowest BCUT2D eigenvalue weighted by Gasteiger charge is -2.33. The summed E-state index contributed by atoms with van der Waals surface area (Å²) in [5.41, 5.74) is 0.817. The van der Waals surface area contributed by atoms with Crippen LogP contribution in [0, 0.1) is 0 Å². The number of nitrogens with zero attached hydrogens (tertiary/aromatic N) is 4. The van der Waals surface area contributed by atoms with Crippen molar-refractivity contribution in [2.24, 2.45) is 0 Å². The molecule has 4 aromatic rings. The first-order valence-corrected chi connectivity index (χ1v) is 9.25. The van der Waals surface area contributed by atoms with Crippen LogP contribution in [0.3, 0.4) is 0 Å². The Morgan fingerprint density at radius 1 is 1.18 bits per heavy atom. The molecule has 28 heavy (non-hydrogen) atoms. The van der Waals surface area contributed by atoms with Crippen molar-refractivity contribution in [1.29, 1.82) is 0 Å². The fraction of sp³-hybridized carbons (Fsp3) is 0.250. The van der Waals surface area contributed by atoms with E-state index in [2.05, 4.69) is 19.7 Å². The smallest absolute Gasteiger partial charge is 0.289 e. The zero-order valence-corrected chi connectivity index (χ0v) is 15.1. The van der Waals surface area contributed by atoms with E-state index in [1.807, 2.05) is 29.3 Å². The van der Waals surface area contributed by atoms with Gasteiger partial charge in [0.2, 0.25) is 0 Å². The first kappa shape index (κ1) is 16.6. The highest BCUT2D eigenvalue weighted by atomic mass is 16.3. The maximum absolute atomic E-state index is 12.6. The summed E-state index contributed by atoms with van der Waals surface area (Å²) < 4.78 is 13.4. The highest BCUT2D eigenvalue weighted by Gasteiger charge is 2.28. The van der Waals surface area contributed by atoms with Crippen molar-refractivity contribution in [3.8, 4) is 23.0 Å². The van der Waals surface area contributed by atoms with Crippen LogP contribution in [0.15, 0.2) is 64.0 Å². The average molecular weight is 377 g/mol. The van der Waals surface area contributed by atoms with Gasteiger partial charge in [-0.05, 0) is 43.2 Å². The molecule has 0 radical (unpaired) electrons. The van der Waals surface area contributed by atoms with Gasteiger partial charge in [0, 0.05) is 31.7 Å². The summed E-state index contributed by atoms with van der Waals surface area (Å²) in [6.07, 6.45) is 8.81. The predicted molar refractivity (Wildman–Crippen MR) is 100 cm³/mol. The van der Waals surface area contributed by atoms with Crippen molar-refractivity contribution in [1.82, 2.24) is 24.6 Å². The third-order valence-electron chi connectivity index (χ3n) is 5.07. The van der Waals surface area contributed by atoms with Crippen molar-refractivity contribution in [2.75, 3.05) is 13.1 Å². The minimum absolute atomic E-state index is 0.0732. The topological polar surface area (TPSA) is 93.1 Å². The number of piperidine rings is 1. The second kappa shape index (κ2) is 6.88. The minimum atomic E-state index is -0.0732. The number of carbonyl (C=O) groups is 1. The monoisotopic (exact) mass is 377 g/mol. The maximum Gasteiger partial charge on any atom is 0.289 e. The van der Waals surface area contributed by atoms with Crippen molar-refractivity contribution in [3.63, 3.8) is 0 Å². The number of aromatic nitrogens is 4. The quantitative estimate of drug-likeness (QED) is 0.586. The molecule has 1 fully saturated rings. The van der Waals surface area contributed by atoms with Crippen LogP contribution in [0.25, 0.3) is 23.0 Å². The Morgan fingerprint density at radius 3 is 2.93 bits per heavy atom. The molecule has 1 aliphatic heterocycles. The molecule has 142 valence electrons. The Hall–Kier alpha value is -3.55. The van der Waals surface area contributed by atoms with Gasteiger partial charge in [0.05, 0.1) is 12.3 Å². The highest BCUT2D eigenvalue weighted by Crippen LogP contribution is 2.31. The van der Waals surface area contributed by atoms with E-state index in [1.165, 1.54) is 6.26 Å². The van der Waals surface area contributed by atoms with Crippen LogP contribution in [0.5, 0.6) is 0 Å². The second-order valence-corrected chi connectivity index (χ2v) is 6.82. The normalized spacial score (nSPS) is 17.1. The van der Waals surface area contributed by atoms with E-state index in [4.69, 9.17) is 8.83 Å². The molecule has 1 atom stereocenters. The van der Waals surface area contributed by atoms with Crippen molar-refractivity contribution >= 4 is 5.91 Å². The van der Waals surface area contributed by atoms with E-state index < -0.39 is 0 Å². The number of likely N-dealkylation sites (tertiary alicyclic amines) is 1. The first-order valence-electron chi connectivity index (χ1n) is 9.25. The molecule has 1 N–H and O–H groups in total. The van der Waals surface area contributed by atoms with Gasteiger partial charge in [0.1, 0.15) is 5.69 Å². The lowest BCUT2D eigenvalue weighted by molar-refractivity contribution is 0.0648. The van der Waals surface area contributed by atoms with Gasteiger partial charge in [-0.1, -0.05) is 0 Å². The molecule has 1 aliphatic rings. The van der Waals surface area contributed by atoms with E-state index in [1.54, 1.807) is 24.5 Å². The summed E-state index contributed by atoms with van der Waals surface area (Å²) in [6.45, 7) is 1.34. The molecule has 1 saturated heterocycles. The fourth-order valence-electron chi connectivity index (χ4n) is 3.72. The fourth-order valence-corrected chi connectivity index (χ4v) is 3.72. The Kier molecular flexibility index (Phi) is 4.08. The van der Waals surface area contributed by atoms with Gasteiger partial charge < -0.3 is 18.3 Å². The van der Waals surface area contributed by atoms with Crippen LogP contribution >= 0.6 is 0 Å². The molecule has 0 bridgehead atoms. The number of carbonyl (C=O) groups excluding carboxylic acids is 1. The van der Waals surface area contributed by atoms with Gasteiger partial charge in [0.15, 0.2) is 23.1 Å². The van der Waals surface area contributed by atoms with Gasteiger partial charge in [-0.3, -0.25) is 9.89 Å². The van der Waals surface area contributed by atoms with Crippen molar-refractivity contribution in [2.45, 2.75) is 18.9 Å². The predicted octanol–water partition coefficient (Wildman–Crippen LogP) is 3.60. The summed E-state index contributed by atoms with van der Waals surface area (Å²) in [6, 6.07) is 9.23. The molecule has 0 aromatic carbocycles. The van der Waals surface area contributed by atoms with Gasteiger partial charge in [0.25, 0.3) is 5.91 Å². The summed E-state index contributed by atoms with van der Waals surface area (Å²) in [7, 11) is 0. The van der Waals surface area contributed by atoms with E-state index in [0.717, 1.165) is 30.9 Å². The van der Waals surface area contributed by atoms with Gasteiger partial charge in [-0.2, -0.15) is 5.10 Å². The van der Waals surface area contributed by atoms with Crippen LogP contribution in [0.1, 0.15) is 29.4 Å². The zero-order valence-electron chi connectivity index (χ0n) is 15.1. The van der Waals surface area contributed by atoms with Gasteiger partial charge >= 0.3 is 0 Å². The third kappa shape index (κ3) is 2.92. The lowest BCUT2D eigenvalue weighted by atomic mass is 10.0. The molecule has 0 aliphatic carbocycles. The van der Waals surface area contributed by atoms with Gasteiger partial charge in [-0.15, -0.1) is 0 Å². The number of rotatable bonds is 4. The second-order valence-electron chi connectivity index (χ2n) is 6.82. The molecular weight excluding hydrogens is 358 g/mol. The molecule has 1 amide bonds. The molecule has 0 saturated carbocycles. The van der Waals surface area contributed by atoms with Crippen LogP contribution in [-0.2, 0) is 0 Å². The number of imidazole rings is 1. The SMILES string of the molecule is O=C(c1ccco1)N1CCCC(n2ccnc2-c2ccc(-c3ccn[nH]3)o2)C1. The Balaban J connectivity index is 1.39. The number of amides is 1. The van der Waals surface area contributed by atoms with E-state index in [9.17, 15) is 4.79 Å². The molecule has 8 heteroatoms. The van der Waals surface area contributed by atoms with Crippen molar-refractivity contribution in [3.05, 3.63) is 60.9 Å². The Labute approximate surface area is 160 Å². The van der Waals surface area contributed by atoms with Crippen LogP contribution in [-0.4, -0.2) is 43.6 Å². The Bertz CT molecular complexity index is 1060. The third-order valence-corrected chi connectivity index (χ3v) is 5.07. The number of furan rings is 2. The summed E-state index contributed by atoms with van der Waals surface area (Å²) in [5, 5.41) is 6.85. The van der Waals surface area contributed by atoms with Crippen molar-refractivity contribution < 1.29 is 13.6 Å². The number of hydrogen-bond donors (Lipinski definition) is 1. The van der Waals surface area contributed by atoms with E-state index in [-0.39, 0.29) is 11.9 Å². The largest absolute Gasteiger partial charge is 0.459 e. The minimum Gasteiger partial charge on any atom is -0.459 e. The van der Waals surface area contributed by atoms with Crippen LogP contribution < -0.4 is 0 Å². The molecule has 4 aromatic heterocycles. The molecular formula is C20H19N5O3. The van der Waals surface area contributed by atoms with Crippen LogP contribution in [0.2, 0.25) is 0 Å². The van der Waals surface area contributed by atoms with E-state index >= 15 is 0 Å². The molecule has 0 spiro atoms. The number of hydrogen-bond acceptors (Lipinski definition) is 5. The summed E-state index contributed by atoms with van der Waals surface area (Å²) in [5.74, 6) is 2.45. The first-order chi connectivity index (χ1) is 13.8. The molecule has 5 heterocycles. The zero-order chi connectivity index (χ0) is 18.9. The number of aromatic amines is 1. The standard InChI is InChI=1S/C20H19N5O3/c26-20(18-4-2-12-27-18)24-10-1-3-14(13-24)25-11-9-21-19(25)17-6-5-16(28-17)15-7-8-22-23-15/h2,4-9,11-12,14H,1,3,10,13H2,(H,22,23). The summed E-state index contributed by atoms with van der Waals surface area (Å²) >= 11 is 0.